The molecule has 1 heterocycles. The lowest BCUT2D eigenvalue weighted by molar-refractivity contribution is 0.0949. The molecular formula is C20H19NO4. The van der Waals surface area contributed by atoms with Gasteiger partial charge in [-0.2, -0.15) is 0 Å². The molecule has 1 N–H and O–H groups in total. The van der Waals surface area contributed by atoms with Gasteiger partial charge in [0.2, 0.25) is 0 Å². The minimum absolute atomic E-state index is 0.0271. The number of unbranched alkanes of at least 4 members (excludes halogenated alkanes) is 1. The van der Waals surface area contributed by atoms with Crippen LogP contribution in [0.3, 0.4) is 0 Å². The zero-order chi connectivity index (χ0) is 17.5. The van der Waals surface area contributed by atoms with Crippen molar-refractivity contribution in [1.82, 2.24) is 5.32 Å². The number of carbonyl (C=O) groups excluding carboxylic acids is 1. The van der Waals surface area contributed by atoms with Gasteiger partial charge in [-0.25, -0.2) is 4.79 Å². The van der Waals surface area contributed by atoms with Gasteiger partial charge in [0.1, 0.15) is 16.9 Å². The lowest BCUT2D eigenvalue weighted by atomic mass is 10.2. The predicted octanol–water partition coefficient (Wildman–Crippen LogP) is 3.38. The third-order valence-electron chi connectivity index (χ3n) is 3.75. The Hall–Kier alpha value is -3.08. The molecule has 1 amide bonds. The number of fused-ring (bicyclic) bond motifs is 1. The second kappa shape index (κ2) is 8.15. The summed E-state index contributed by atoms with van der Waals surface area (Å²) in [5, 5.41) is 3.47. The quantitative estimate of drug-likeness (QED) is 0.530. The van der Waals surface area contributed by atoms with Crippen LogP contribution in [0.4, 0.5) is 0 Å². The van der Waals surface area contributed by atoms with E-state index >= 15 is 0 Å². The van der Waals surface area contributed by atoms with E-state index in [-0.39, 0.29) is 5.56 Å². The molecule has 0 unspecified atom stereocenters. The monoisotopic (exact) mass is 337 g/mol. The fourth-order valence-electron chi connectivity index (χ4n) is 2.45. The zero-order valence-electron chi connectivity index (χ0n) is 13.7. The van der Waals surface area contributed by atoms with E-state index in [9.17, 15) is 9.59 Å². The molecule has 0 saturated carbocycles. The topological polar surface area (TPSA) is 68.5 Å². The van der Waals surface area contributed by atoms with Crippen LogP contribution in [0, 0.1) is 0 Å². The van der Waals surface area contributed by atoms with Gasteiger partial charge in [-0.1, -0.05) is 36.4 Å². The van der Waals surface area contributed by atoms with Gasteiger partial charge >= 0.3 is 5.63 Å². The van der Waals surface area contributed by atoms with Crippen LogP contribution in [0.25, 0.3) is 11.0 Å². The SMILES string of the molecule is O=C(NCCCCOc1ccccc1)c1cc2ccccc2oc1=O. The van der Waals surface area contributed by atoms with E-state index in [1.54, 1.807) is 24.3 Å². The molecular weight excluding hydrogens is 318 g/mol. The van der Waals surface area contributed by atoms with Crippen LogP contribution < -0.4 is 15.7 Å². The molecule has 5 heteroatoms. The van der Waals surface area contributed by atoms with Crippen molar-refractivity contribution in [1.29, 1.82) is 0 Å². The largest absolute Gasteiger partial charge is 0.494 e. The Morgan fingerprint density at radius 3 is 2.60 bits per heavy atom. The number of benzene rings is 2. The molecule has 0 aliphatic carbocycles. The van der Waals surface area contributed by atoms with Gasteiger partial charge in [0.15, 0.2) is 0 Å². The van der Waals surface area contributed by atoms with Crippen molar-refractivity contribution in [3.63, 3.8) is 0 Å². The molecule has 0 bridgehead atoms. The molecule has 1 aromatic heterocycles. The number of amides is 1. The Labute approximate surface area is 145 Å². The summed E-state index contributed by atoms with van der Waals surface area (Å²) in [6.45, 7) is 1.06. The molecule has 128 valence electrons. The first-order chi connectivity index (χ1) is 12.2. The summed E-state index contributed by atoms with van der Waals surface area (Å²) < 4.78 is 10.8. The van der Waals surface area contributed by atoms with Crippen LogP contribution >= 0.6 is 0 Å². The fraction of sp³-hybridized carbons (Fsp3) is 0.200. The molecule has 0 atom stereocenters. The number of rotatable bonds is 7. The van der Waals surface area contributed by atoms with Gasteiger partial charge in [0.25, 0.3) is 5.91 Å². The number of nitrogens with one attached hydrogen (secondary N) is 1. The summed E-state index contributed by atoms with van der Waals surface area (Å²) >= 11 is 0. The summed E-state index contributed by atoms with van der Waals surface area (Å²) in [7, 11) is 0. The smallest absolute Gasteiger partial charge is 0.349 e. The van der Waals surface area contributed by atoms with Gasteiger partial charge in [-0.3, -0.25) is 4.79 Å². The Bertz CT molecular complexity index is 902. The second-order valence-electron chi connectivity index (χ2n) is 5.61. The molecule has 0 saturated heterocycles. The number of para-hydroxylation sites is 2. The predicted molar refractivity (Wildman–Crippen MR) is 96.0 cm³/mol. The summed E-state index contributed by atoms with van der Waals surface area (Å²) in [5.74, 6) is 0.420. The van der Waals surface area contributed by atoms with Crippen LogP contribution in [0.1, 0.15) is 23.2 Å². The molecule has 0 radical (unpaired) electrons. The number of carbonyl (C=O) groups is 1. The van der Waals surface area contributed by atoms with Crippen LogP contribution in [0.15, 0.2) is 69.9 Å². The van der Waals surface area contributed by atoms with E-state index in [2.05, 4.69) is 5.32 Å². The average Bonchev–Trinajstić information content (AvgIpc) is 2.64. The molecule has 2 aromatic carbocycles. The minimum atomic E-state index is -0.622. The molecule has 5 nitrogen and oxygen atoms in total. The van der Waals surface area contributed by atoms with Gasteiger partial charge in [0.05, 0.1) is 6.61 Å². The third-order valence-corrected chi connectivity index (χ3v) is 3.75. The lowest BCUT2D eigenvalue weighted by Crippen LogP contribution is -2.29. The van der Waals surface area contributed by atoms with Gasteiger partial charge in [0, 0.05) is 11.9 Å². The van der Waals surface area contributed by atoms with Crippen molar-refractivity contribution in [2.75, 3.05) is 13.2 Å². The maximum absolute atomic E-state index is 12.2. The Morgan fingerprint density at radius 2 is 1.76 bits per heavy atom. The van der Waals surface area contributed by atoms with Crippen molar-refractivity contribution in [3.05, 3.63) is 76.6 Å². The molecule has 0 aliphatic rings. The van der Waals surface area contributed by atoms with Crippen LogP contribution in [0.5, 0.6) is 5.75 Å². The highest BCUT2D eigenvalue weighted by Crippen LogP contribution is 2.12. The fourth-order valence-corrected chi connectivity index (χ4v) is 2.45. The Kier molecular flexibility index (Phi) is 5.46. The maximum Gasteiger partial charge on any atom is 0.349 e. The van der Waals surface area contributed by atoms with Crippen molar-refractivity contribution in [2.24, 2.45) is 0 Å². The van der Waals surface area contributed by atoms with Crippen molar-refractivity contribution in [3.8, 4) is 5.75 Å². The van der Waals surface area contributed by atoms with Gasteiger partial charge < -0.3 is 14.5 Å². The van der Waals surface area contributed by atoms with E-state index in [1.807, 2.05) is 36.4 Å². The average molecular weight is 337 g/mol. The van der Waals surface area contributed by atoms with E-state index in [1.165, 1.54) is 0 Å². The Balaban J connectivity index is 1.46. The summed E-state index contributed by atoms with van der Waals surface area (Å²) in [4.78, 5) is 24.1. The number of hydrogen-bond acceptors (Lipinski definition) is 4. The van der Waals surface area contributed by atoms with E-state index in [0.29, 0.717) is 18.7 Å². The van der Waals surface area contributed by atoms with Gasteiger partial charge in [-0.15, -0.1) is 0 Å². The second-order valence-corrected chi connectivity index (χ2v) is 5.61. The minimum Gasteiger partial charge on any atom is -0.494 e. The normalized spacial score (nSPS) is 10.6. The van der Waals surface area contributed by atoms with E-state index < -0.39 is 11.5 Å². The zero-order valence-corrected chi connectivity index (χ0v) is 13.7. The van der Waals surface area contributed by atoms with Gasteiger partial charge in [-0.05, 0) is 37.1 Å². The molecule has 3 rings (SSSR count). The summed E-state index contributed by atoms with van der Waals surface area (Å²) in [6.07, 6.45) is 1.57. The number of hydrogen-bond donors (Lipinski definition) is 1. The molecule has 0 fully saturated rings. The molecule has 0 spiro atoms. The van der Waals surface area contributed by atoms with Crippen LogP contribution in [-0.4, -0.2) is 19.1 Å². The van der Waals surface area contributed by atoms with Crippen LogP contribution in [-0.2, 0) is 0 Å². The van der Waals surface area contributed by atoms with E-state index in [0.717, 1.165) is 24.0 Å². The van der Waals surface area contributed by atoms with Crippen LogP contribution in [0.2, 0.25) is 0 Å². The first-order valence-electron chi connectivity index (χ1n) is 8.23. The lowest BCUT2D eigenvalue weighted by Gasteiger charge is -2.07. The van der Waals surface area contributed by atoms with E-state index in [4.69, 9.17) is 9.15 Å². The molecule has 25 heavy (non-hydrogen) atoms. The first-order valence-corrected chi connectivity index (χ1v) is 8.23. The first kappa shape index (κ1) is 16.8. The van der Waals surface area contributed by atoms with Crippen molar-refractivity contribution < 1.29 is 13.9 Å². The Morgan fingerprint density at radius 1 is 1.00 bits per heavy atom. The standard InChI is InChI=1S/C20H19NO4/c22-19(17-14-15-8-4-5-11-18(15)25-20(17)23)21-12-6-7-13-24-16-9-2-1-3-10-16/h1-5,8-11,14H,6-7,12-13H2,(H,21,22). The highest BCUT2D eigenvalue weighted by atomic mass is 16.5. The highest BCUT2D eigenvalue weighted by Gasteiger charge is 2.12. The summed E-state index contributed by atoms with van der Waals surface area (Å²) in [5.41, 5.74) is -0.120. The highest BCUT2D eigenvalue weighted by molar-refractivity contribution is 5.96. The molecule has 0 aliphatic heterocycles. The molecule has 3 aromatic rings. The van der Waals surface area contributed by atoms with Crippen molar-refractivity contribution >= 4 is 16.9 Å². The van der Waals surface area contributed by atoms with Crippen molar-refractivity contribution in [2.45, 2.75) is 12.8 Å². The maximum atomic E-state index is 12.2. The number of ether oxygens (including phenoxy) is 1. The third kappa shape index (κ3) is 4.47. The summed E-state index contributed by atoms with van der Waals surface area (Å²) in [6, 6.07) is 18.3.